The highest BCUT2D eigenvalue weighted by Crippen LogP contribution is 2.31. The van der Waals surface area contributed by atoms with Crippen LogP contribution in [0.1, 0.15) is 44.4 Å². The molecular formula is C28H28N2O2S. The van der Waals surface area contributed by atoms with Crippen molar-refractivity contribution in [3.8, 4) is 17.0 Å². The van der Waals surface area contributed by atoms with E-state index in [1.54, 1.807) is 0 Å². The summed E-state index contributed by atoms with van der Waals surface area (Å²) in [6, 6.07) is 21.9. The zero-order valence-electron chi connectivity index (χ0n) is 19.4. The van der Waals surface area contributed by atoms with Crippen LogP contribution in [0.3, 0.4) is 0 Å². The molecule has 1 heterocycles. The van der Waals surface area contributed by atoms with Gasteiger partial charge < -0.3 is 4.74 Å². The van der Waals surface area contributed by atoms with E-state index in [0.717, 1.165) is 33.9 Å². The molecule has 0 saturated carbocycles. The third-order valence-corrected chi connectivity index (χ3v) is 6.64. The van der Waals surface area contributed by atoms with Crippen LogP contribution in [0.25, 0.3) is 11.3 Å². The number of nitrogens with zero attached hydrogens (tertiary/aromatic N) is 1. The minimum atomic E-state index is -0.169. The highest BCUT2D eigenvalue weighted by Gasteiger charge is 2.14. The fraction of sp³-hybridized carbons (Fsp3) is 0.214. The second kappa shape index (κ2) is 10.0. The number of aromatic nitrogens is 1. The highest BCUT2D eigenvalue weighted by atomic mass is 32.1. The first-order valence-electron chi connectivity index (χ1n) is 11.1. The summed E-state index contributed by atoms with van der Waals surface area (Å²) in [6.07, 6.45) is 1.01. The molecule has 1 aromatic heterocycles. The Kier molecular flexibility index (Phi) is 6.90. The number of nitrogens with one attached hydrogen (secondary N) is 1. The maximum atomic E-state index is 12.7. The molecule has 4 nitrogen and oxygen atoms in total. The van der Waals surface area contributed by atoms with Crippen molar-refractivity contribution in [1.82, 2.24) is 4.98 Å². The number of ether oxygens (including phenoxy) is 1. The number of carbonyl (C=O) groups excluding carboxylic acids is 1. The number of thiazole rings is 1. The van der Waals surface area contributed by atoms with E-state index in [2.05, 4.69) is 61.4 Å². The lowest BCUT2D eigenvalue weighted by molar-refractivity contribution is 0.102. The minimum absolute atomic E-state index is 0.169. The number of rotatable bonds is 7. The average molecular weight is 457 g/mol. The number of benzene rings is 3. The number of anilines is 1. The van der Waals surface area contributed by atoms with E-state index in [4.69, 9.17) is 4.74 Å². The molecule has 0 aliphatic rings. The Bertz CT molecular complexity index is 1260. The van der Waals surface area contributed by atoms with Crippen molar-refractivity contribution in [3.05, 3.63) is 99.4 Å². The summed E-state index contributed by atoms with van der Waals surface area (Å²) >= 11 is 1.49. The van der Waals surface area contributed by atoms with Gasteiger partial charge >= 0.3 is 0 Å². The maximum absolute atomic E-state index is 12.7. The molecule has 0 bridgehead atoms. The quantitative estimate of drug-likeness (QED) is 0.322. The van der Waals surface area contributed by atoms with Crippen molar-refractivity contribution in [2.45, 2.75) is 40.7 Å². The van der Waals surface area contributed by atoms with Crippen LogP contribution in [0.2, 0.25) is 0 Å². The van der Waals surface area contributed by atoms with Crippen molar-refractivity contribution in [2.75, 3.05) is 5.32 Å². The molecule has 3 aromatic carbocycles. The fourth-order valence-corrected chi connectivity index (χ4v) is 4.35. The third kappa shape index (κ3) is 5.49. The first-order valence-corrected chi connectivity index (χ1v) is 11.9. The molecule has 168 valence electrons. The first kappa shape index (κ1) is 22.7. The molecule has 4 aromatic rings. The molecular weight excluding hydrogens is 428 g/mol. The Morgan fingerprint density at radius 2 is 1.61 bits per heavy atom. The van der Waals surface area contributed by atoms with Gasteiger partial charge in [0, 0.05) is 16.0 Å². The predicted octanol–water partition coefficient (Wildman–Crippen LogP) is 7.13. The summed E-state index contributed by atoms with van der Waals surface area (Å²) in [5.41, 5.74) is 7.35. The molecule has 0 aliphatic heterocycles. The Morgan fingerprint density at radius 1 is 0.909 bits per heavy atom. The number of aryl methyl sites for hydroxylation is 4. The summed E-state index contributed by atoms with van der Waals surface area (Å²) in [4.78, 5) is 18.5. The van der Waals surface area contributed by atoms with Gasteiger partial charge in [-0.15, -0.1) is 11.3 Å². The molecule has 0 aliphatic carbocycles. The Balaban J connectivity index is 1.39. The Hall–Kier alpha value is -3.44. The minimum Gasteiger partial charge on any atom is -0.489 e. The van der Waals surface area contributed by atoms with Crippen LogP contribution in [0.5, 0.6) is 5.75 Å². The Morgan fingerprint density at radius 3 is 2.27 bits per heavy atom. The lowest BCUT2D eigenvalue weighted by Gasteiger charge is -2.08. The predicted molar refractivity (Wildman–Crippen MR) is 136 cm³/mol. The SMILES string of the molecule is CCc1ccc(OCc2ccc(C(=O)Nc3nc(-c4ccc(C)c(C)c4)c(C)s3)cc2)cc1. The summed E-state index contributed by atoms with van der Waals surface area (Å²) in [7, 11) is 0. The third-order valence-electron chi connectivity index (χ3n) is 5.75. The molecule has 5 heteroatoms. The van der Waals surface area contributed by atoms with E-state index in [9.17, 15) is 4.79 Å². The molecule has 0 spiro atoms. The second-order valence-corrected chi connectivity index (χ2v) is 9.36. The molecule has 0 fully saturated rings. The number of carbonyl (C=O) groups is 1. The summed E-state index contributed by atoms with van der Waals surface area (Å²) < 4.78 is 5.85. The summed E-state index contributed by atoms with van der Waals surface area (Å²) in [5, 5.41) is 3.55. The van der Waals surface area contributed by atoms with Crippen LogP contribution in [-0.2, 0) is 13.0 Å². The van der Waals surface area contributed by atoms with Crippen molar-refractivity contribution < 1.29 is 9.53 Å². The van der Waals surface area contributed by atoms with Gasteiger partial charge in [0.1, 0.15) is 12.4 Å². The van der Waals surface area contributed by atoms with Crippen LogP contribution >= 0.6 is 11.3 Å². The number of hydrogen-bond donors (Lipinski definition) is 1. The monoisotopic (exact) mass is 456 g/mol. The normalized spacial score (nSPS) is 10.8. The van der Waals surface area contributed by atoms with Crippen molar-refractivity contribution in [1.29, 1.82) is 0 Å². The molecule has 0 radical (unpaired) electrons. The van der Waals surface area contributed by atoms with Crippen molar-refractivity contribution in [2.24, 2.45) is 0 Å². The largest absolute Gasteiger partial charge is 0.489 e. The maximum Gasteiger partial charge on any atom is 0.257 e. The first-order chi connectivity index (χ1) is 15.9. The zero-order chi connectivity index (χ0) is 23.4. The molecule has 1 amide bonds. The fourth-order valence-electron chi connectivity index (χ4n) is 3.52. The topological polar surface area (TPSA) is 51.2 Å². The van der Waals surface area contributed by atoms with E-state index < -0.39 is 0 Å². The highest BCUT2D eigenvalue weighted by molar-refractivity contribution is 7.16. The van der Waals surface area contributed by atoms with Gasteiger partial charge in [-0.05, 0) is 79.8 Å². The Labute approximate surface area is 199 Å². The smallest absolute Gasteiger partial charge is 0.257 e. The molecule has 0 saturated heterocycles. The van der Waals surface area contributed by atoms with Gasteiger partial charge in [0.15, 0.2) is 5.13 Å². The number of amides is 1. The zero-order valence-corrected chi connectivity index (χ0v) is 20.3. The van der Waals surface area contributed by atoms with Gasteiger partial charge in [0.25, 0.3) is 5.91 Å². The van der Waals surface area contributed by atoms with Crippen LogP contribution in [0.4, 0.5) is 5.13 Å². The van der Waals surface area contributed by atoms with Crippen LogP contribution in [0, 0.1) is 20.8 Å². The summed E-state index contributed by atoms with van der Waals surface area (Å²) in [6.45, 7) is 8.81. The van der Waals surface area contributed by atoms with Crippen LogP contribution in [-0.4, -0.2) is 10.9 Å². The van der Waals surface area contributed by atoms with Gasteiger partial charge in [0.05, 0.1) is 5.69 Å². The van der Waals surface area contributed by atoms with Gasteiger partial charge in [-0.25, -0.2) is 4.98 Å². The van der Waals surface area contributed by atoms with Crippen LogP contribution < -0.4 is 10.1 Å². The van der Waals surface area contributed by atoms with E-state index >= 15 is 0 Å². The van der Waals surface area contributed by atoms with Crippen LogP contribution in [0.15, 0.2) is 66.7 Å². The van der Waals surface area contributed by atoms with E-state index in [1.165, 1.54) is 28.0 Å². The van der Waals surface area contributed by atoms with Gasteiger partial charge in [-0.2, -0.15) is 0 Å². The molecule has 4 rings (SSSR count). The van der Waals surface area contributed by atoms with Gasteiger partial charge in [0.2, 0.25) is 0 Å². The van der Waals surface area contributed by atoms with Crippen molar-refractivity contribution >= 4 is 22.4 Å². The second-order valence-electron chi connectivity index (χ2n) is 8.16. The molecule has 0 atom stereocenters. The van der Waals surface area contributed by atoms with Gasteiger partial charge in [-0.1, -0.05) is 43.3 Å². The molecule has 0 unspecified atom stereocenters. The molecule has 33 heavy (non-hydrogen) atoms. The summed E-state index contributed by atoms with van der Waals surface area (Å²) in [5.74, 6) is 0.672. The average Bonchev–Trinajstić information content (AvgIpc) is 3.19. The molecule has 1 N–H and O–H groups in total. The van der Waals surface area contributed by atoms with E-state index in [1.807, 2.05) is 43.3 Å². The van der Waals surface area contributed by atoms with E-state index in [0.29, 0.717) is 17.3 Å². The van der Waals surface area contributed by atoms with Gasteiger partial charge in [-0.3, -0.25) is 10.1 Å². The lowest BCUT2D eigenvalue weighted by atomic mass is 10.0. The van der Waals surface area contributed by atoms with Crippen molar-refractivity contribution in [3.63, 3.8) is 0 Å². The lowest BCUT2D eigenvalue weighted by Crippen LogP contribution is -2.11. The number of hydrogen-bond acceptors (Lipinski definition) is 4. The standard InChI is InChI=1S/C28H28N2O2S/c1-5-21-9-14-25(15-10-21)32-17-22-7-12-23(13-8-22)27(31)30-28-29-26(20(4)33-28)24-11-6-18(2)19(3)16-24/h6-16H,5,17H2,1-4H3,(H,29,30,31). The van der Waals surface area contributed by atoms with E-state index in [-0.39, 0.29) is 5.91 Å².